The van der Waals surface area contributed by atoms with Crippen LogP contribution in [0.15, 0.2) is 12.5 Å². The van der Waals surface area contributed by atoms with Crippen molar-refractivity contribution in [2.24, 2.45) is 5.73 Å². The molecule has 0 aliphatic heterocycles. The first-order chi connectivity index (χ1) is 25.8. The highest BCUT2D eigenvalue weighted by Gasteiger charge is 2.41. The van der Waals surface area contributed by atoms with Gasteiger partial charge in [-0.05, 0) is 55.5 Å². The normalized spacial score (nSPS) is 14.7. The molecule has 0 fully saturated rings. The highest BCUT2D eigenvalue weighted by atomic mass is 28.4. The van der Waals surface area contributed by atoms with Crippen molar-refractivity contribution in [2.75, 3.05) is 26.2 Å². The van der Waals surface area contributed by atoms with Gasteiger partial charge in [0.15, 0.2) is 16.6 Å². The molecule has 10 heteroatoms. The lowest BCUT2D eigenvalue weighted by Crippen LogP contribution is -2.50. The number of nitrogens with one attached hydrogen (secondary N) is 1. The first kappa shape index (κ1) is 52.0. The van der Waals surface area contributed by atoms with Gasteiger partial charge in [0.25, 0.3) is 0 Å². The van der Waals surface area contributed by atoms with Crippen LogP contribution in [0.1, 0.15) is 183 Å². The lowest BCUT2D eigenvalue weighted by atomic mass is 10.0. The molecule has 0 saturated heterocycles. The fraction of sp³-hybridized carbons (Fsp3) is 0.911. The Kier molecular flexibility index (Phi) is 26.1. The van der Waals surface area contributed by atoms with E-state index in [2.05, 4.69) is 96.4 Å². The average Bonchev–Trinajstić information content (AvgIpc) is 3.60. The van der Waals surface area contributed by atoms with Crippen LogP contribution in [0.3, 0.4) is 0 Å². The number of hydrogen-bond acceptors (Lipinski definition) is 7. The summed E-state index contributed by atoms with van der Waals surface area (Å²) in [6.45, 7) is 31.2. The molecule has 2 unspecified atom stereocenters. The van der Waals surface area contributed by atoms with Crippen LogP contribution in [0.25, 0.3) is 0 Å². The molecule has 1 heterocycles. The maximum Gasteiger partial charge on any atom is 0.323 e. The number of ether oxygens (including phenoxy) is 1. The topological polar surface area (TPSA) is 103 Å². The number of carbonyl (C=O) groups excluding carboxylic acids is 1. The van der Waals surface area contributed by atoms with E-state index in [4.69, 9.17) is 19.3 Å². The van der Waals surface area contributed by atoms with E-state index < -0.39 is 22.7 Å². The second-order valence-electron chi connectivity index (χ2n) is 19.7. The van der Waals surface area contributed by atoms with E-state index in [-0.39, 0.29) is 28.3 Å². The number of imidazole rings is 1. The lowest BCUT2D eigenvalue weighted by Gasteiger charge is -2.42. The average molecular weight is 809 g/mol. The third-order valence-corrected chi connectivity index (χ3v) is 21.4. The summed E-state index contributed by atoms with van der Waals surface area (Å²) in [7, 11) is -4.01. The minimum absolute atomic E-state index is 0.142. The molecule has 1 aromatic heterocycles. The zero-order chi connectivity index (χ0) is 41.4. The third kappa shape index (κ3) is 23.2. The van der Waals surface area contributed by atoms with Gasteiger partial charge in [0.1, 0.15) is 6.04 Å². The van der Waals surface area contributed by atoms with Crippen LogP contribution in [0.4, 0.5) is 0 Å². The van der Waals surface area contributed by atoms with Gasteiger partial charge in [-0.1, -0.05) is 158 Å². The third-order valence-electron chi connectivity index (χ3n) is 12.4. The summed E-state index contributed by atoms with van der Waals surface area (Å²) in [5, 5.41) is 0.283. The summed E-state index contributed by atoms with van der Waals surface area (Å²) in [5.41, 5.74) is 6.97. The van der Waals surface area contributed by atoms with Crippen molar-refractivity contribution in [3.63, 3.8) is 0 Å². The zero-order valence-corrected chi connectivity index (χ0v) is 40.5. The Morgan fingerprint density at radius 3 is 1.51 bits per heavy atom. The van der Waals surface area contributed by atoms with Gasteiger partial charge in [-0.3, -0.25) is 9.69 Å². The molecule has 0 amide bonds. The maximum atomic E-state index is 12.8. The van der Waals surface area contributed by atoms with E-state index in [1.165, 1.54) is 103 Å². The molecule has 0 saturated carbocycles. The van der Waals surface area contributed by atoms with Gasteiger partial charge < -0.3 is 24.3 Å². The Bertz CT molecular complexity index is 1030. The van der Waals surface area contributed by atoms with E-state index in [0.29, 0.717) is 13.0 Å². The predicted molar refractivity (Wildman–Crippen MR) is 241 cm³/mol. The Hall–Kier alpha value is -1.05. The molecule has 55 heavy (non-hydrogen) atoms. The summed E-state index contributed by atoms with van der Waals surface area (Å²) in [6.07, 6.45) is 28.0. The summed E-state index contributed by atoms with van der Waals surface area (Å²) in [5.74, 6) is -0.364. The number of unbranched alkanes of at least 4 members (excludes halogenated alkanes) is 14. The molecule has 1 rings (SSSR count). The minimum Gasteiger partial charge on any atom is -0.464 e. The van der Waals surface area contributed by atoms with Crippen molar-refractivity contribution in [1.82, 2.24) is 14.9 Å². The van der Waals surface area contributed by atoms with Crippen LogP contribution < -0.4 is 5.73 Å². The number of nitrogens with zero attached hydrogens (tertiary/aromatic N) is 2. The van der Waals surface area contributed by atoms with E-state index in [1.54, 1.807) is 12.5 Å². The summed E-state index contributed by atoms with van der Waals surface area (Å²) >= 11 is 0. The number of hydrogen-bond donors (Lipinski definition) is 2. The molecule has 0 aliphatic carbocycles. The van der Waals surface area contributed by atoms with Gasteiger partial charge in [0.2, 0.25) is 0 Å². The fourth-order valence-corrected chi connectivity index (χ4v) is 9.44. The summed E-state index contributed by atoms with van der Waals surface area (Å²) in [4.78, 5) is 22.6. The first-order valence-corrected chi connectivity index (χ1v) is 28.6. The quantitative estimate of drug-likeness (QED) is 0.0414. The number of aromatic nitrogens is 2. The van der Waals surface area contributed by atoms with E-state index in [0.717, 1.165) is 44.6 Å². The number of nitrogens with two attached hydrogens (primary N) is 1. The Morgan fingerprint density at radius 2 is 1.13 bits per heavy atom. The first-order valence-electron chi connectivity index (χ1n) is 22.8. The number of H-pyrrole nitrogens is 1. The Morgan fingerprint density at radius 1 is 0.709 bits per heavy atom. The molecule has 0 bridgehead atoms. The second kappa shape index (κ2) is 27.6. The molecule has 3 atom stereocenters. The number of aromatic amines is 1. The summed E-state index contributed by atoms with van der Waals surface area (Å²) < 4.78 is 20.3. The van der Waals surface area contributed by atoms with Gasteiger partial charge >= 0.3 is 5.97 Å². The monoisotopic (exact) mass is 809 g/mol. The fourth-order valence-electron chi connectivity index (χ4n) is 6.69. The van der Waals surface area contributed by atoms with Gasteiger partial charge in [-0.15, -0.1) is 0 Å². The van der Waals surface area contributed by atoms with Crippen LogP contribution in [-0.2, 0) is 24.8 Å². The second-order valence-corrected chi connectivity index (χ2v) is 29.2. The van der Waals surface area contributed by atoms with E-state index >= 15 is 0 Å². The van der Waals surface area contributed by atoms with Gasteiger partial charge in [-0.25, -0.2) is 4.98 Å². The predicted octanol–water partition coefficient (Wildman–Crippen LogP) is 12.4. The van der Waals surface area contributed by atoms with E-state index in [1.807, 2.05) is 0 Å². The van der Waals surface area contributed by atoms with Crippen LogP contribution in [-0.4, -0.2) is 82.0 Å². The molecular weight excluding hydrogens is 717 g/mol. The highest BCUT2D eigenvalue weighted by molar-refractivity contribution is 6.74. The summed E-state index contributed by atoms with van der Waals surface area (Å²) in [6, 6.07) is -0.720. The maximum absolute atomic E-state index is 12.8. The smallest absolute Gasteiger partial charge is 0.323 e. The van der Waals surface area contributed by atoms with Crippen molar-refractivity contribution in [3.05, 3.63) is 18.2 Å². The van der Waals surface area contributed by atoms with Gasteiger partial charge in [-0.2, -0.15) is 0 Å². The molecule has 0 radical (unpaired) electrons. The van der Waals surface area contributed by atoms with Crippen molar-refractivity contribution in [3.8, 4) is 0 Å². The Balaban J connectivity index is 3.17. The molecule has 8 nitrogen and oxygen atoms in total. The standard InChI is InChI=1S/C45H92N4O4Si2/c1-13-15-17-19-21-23-25-27-30-40(52-54(9,10)44(3,4)5)36-49(32-29-33-51-43(50)42(46)34-39-35-47-38-48-39)37-41(53-55(11,12)45(6,7)8)31-28-26-24-22-20-18-16-14-2/h35,38,40-42H,13-34,36-37,46H2,1-12H3,(H,47,48)/t40?,41?,42-/m0/s1. The molecule has 3 N–H and O–H groups in total. The van der Waals surface area contributed by atoms with E-state index in [9.17, 15) is 4.79 Å². The zero-order valence-electron chi connectivity index (χ0n) is 38.5. The van der Waals surface area contributed by atoms with Crippen LogP contribution in [0, 0.1) is 0 Å². The molecule has 0 spiro atoms. The Labute approximate surface area is 343 Å². The van der Waals surface area contributed by atoms with Crippen molar-refractivity contribution >= 4 is 22.6 Å². The van der Waals surface area contributed by atoms with Gasteiger partial charge in [0, 0.05) is 32.3 Å². The largest absolute Gasteiger partial charge is 0.464 e. The van der Waals surface area contributed by atoms with Crippen molar-refractivity contribution in [2.45, 2.75) is 238 Å². The molecule has 1 aromatic rings. The molecule has 0 aliphatic rings. The van der Waals surface area contributed by atoms with Gasteiger partial charge in [0.05, 0.1) is 30.8 Å². The number of carbonyl (C=O) groups is 1. The number of esters is 1. The van der Waals surface area contributed by atoms with Crippen molar-refractivity contribution < 1.29 is 18.4 Å². The molecule has 324 valence electrons. The molecule has 0 aromatic carbocycles. The lowest BCUT2D eigenvalue weighted by molar-refractivity contribution is -0.145. The van der Waals surface area contributed by atoms with Crippen molar-refractivity contribution in [1.29, 1.82) is 0 Å². The molecular formula is C45H92N4O4Si2. The highest BCUT2D eigenvalue weighted by Crippen LogP contribution is 2.39. The minimum atomic E-state index is -2.01. The number of rotatable bonds is 33. The van der Waals surface area contributed by atoms with Crippen LogP contribution in [0.2, 0.25) is 36.3 Å². The van der Waals surface area contributed by atoms with Crippen LogP contribution in [0.5, 0.6) is 0 Å². The van der Waals surface area contributed by atoms with Crippen LogP contribution >= 0.6 is 0 Å². The SMILES string of the molecule is CCCCCCCCCCC(CN(CCCOC(=O)[C@@H](N)Cc1c[nH]cn1)CC(CCCCCCCCCC)O[Si](C)(C)C(C)(C)C)O[Si](C)(C)C(C)(C)C.